The van der Waals surface area contributed by atoms with E-state index in [9.17, 15) is 21.6 Å². The van der Waals surface area contributed by atoms with Gasteiger partial charge in [-0.1, -0.05) is 18.2 Å². The number of rotatable bonds is 2. The Morgan fingerprint density at radius 1 is 1.44 bits per heavy atom. The van der Waals surface area contributed by atoms with Crippen LogP contribution in [0.3, 0.4) is 0 Å². The van der Waals surface area contributed by atoms with Crippen molar-refractivity contribution in [1.29, 1.82) is 0 Å². The Balaban J connectivity index is 3.37. The van der Waals surface area contributed by atoms with Crippen molar-refractivity contribution < 1.29 is 21.6 Å². The van der Waals surface area contributed by atoms with Gasteiger partial charge >= 0.3 is 6.18 Å². The van der Waals surface area contributed by atoms with E-state index in [0.717, 1.165) is 0 Å². The molecule has 8 heteroatoms. The lowest BCUT2D eigenvalue weighted by Gasteiger charge is -2.07. The van der Waals surface area contributed by atoms with Crippen LogP contribution >= 0.6 is 11.6 Å². The molecule has 0 saturated carbocycles. The van der Waals surface area contributed by atoms with Crippen LogP contribution in [0.5, 0.6) is 0 Å². The summed E-state index contributed by atoms with van der Waals surface area (Å²) in [7, 11) is -3.94. The third-order valence-electron chi connectivity index (χ3n) is 1.62. The van der Waals surface area contributed by atoms with Gasteiger partial charge in [-0.05, 0) is 6.07 Å². The molecular formula is C8H5ClF3NO2S. The van der Waals surface area contributed by atoms with Crippen molar-refractivity contribution in [2.24, 2.45) is 0 Å². The zero-order chi connectivity index (χ0) is 12.6. The van der Waals surface area contributed by atoms with Crippen molar-refractivity contribution in [3.05, 3.63) is 34.8 Å². The average molecular weight is 272 g/mol. The SMILES string of the molecule is C=CS(=O)(=O)c1ncc(C(F)(F)F)cc1Cl. The Hall–Kier alpha value is -1.08. The molecule has 0 spiro atoms. The van der Waals surface area contributed by atoms with Crippen LogP contribution in [0.1, 0.15) is 5.56 Å². The normalized spacial score (nSPS) is 12.5. The van der Waals surface area contributed by atoms with Gasteiger partial charge < -0.3 is 0 Å². The number of nitrogens with zero attached hydrogens (tertiary/aromatic N) is 1. The van der Waals surface area contributed by atoms with E-state index in [1.165, 1.54) is 0 Å². The first-order chi connectivity index (χ1) is 7.18. The summed E-state index contributed by atoms with van der Waals surface area (Å²) < 4.78 is 59.1. The second kappa shape index (κ2) is 4.06. The standard InChI is InChI=1S/C8H5ClF3NO2S/c1-2-16(14,15)7-6(9)3-5(4-13-7)8(10,11)12/h2-4H,1H2. The predicted molar refractivity (Wildman–Crippen MR) is 51.6 cm³/mol. The highest BCUT2D eigenvalue weighted by atomic mass is 35.5. The molecule has 0 bridgehead atoms. The molecule has 0 amide bonds. The Bertz CT molecular complexity index is 525. The van der Waals surface area contributed by atoms with Gasteiger partial charge in [0.05, 0.1) is 10.6 Å². The summed E-state index contributed by atoms with van der Waals surface area (Å²) in [6.07, 6.45) is -4.21. The fraction of sp³-hybridized carbons (Fsp3) is 0.125. The number of hydrogen-bond acceptors (Lipinski definition) is 3. The van der Waals surface area contributed by atoms with Crippen molar-refractivity contribution in [3.63, 3.8) is 0 Å². The molecule has 0 radical (unpaired) electrons. The number of sulfone groups is 1. The molecular weight excluding hydrogens is 267 g/mol. The number of aromatic nitrogens is 1. The molecule has 0 N–H and O–H groups in total. The highest BCUT2D eigenvalue weighted by Crippen LogP contribution is 2.32. The largest absolute Gasteiger partial charge is 0.417 e. The molecule has 1 aromatic rings. The molecule has 1 aromatic heterocycles. The van der Waals surface area contributed by atoms with E-state index in [1.54, 1.807) is 0 Å². The number of pyridine rings is 1. The Kier molecular flexibility index (Phi) is 3.30. The van der Waals surface area contributed by atoms with E-state index in [0.29, 0.717) is 17.7 Å². The first-order valence-corrected chi connectivity index (χ1v) is 5.71. The smallest absolute Gasteiger partial charge is 0.242 e. The molecule has 0 fully saturated rings. The fourth-order valence-corrected chi connectivity index (χ4v) is 2.05. The van der Waals surface area contributed by atoms with Gasteiger partial charge in [0.25, 0.3) is 0 Å². The molecule has 0 saturated heterocycles. The van der Waals surface area contributed by atoms with E-state index in [1.807, 2.05) is 0 Å². The summed E-state index contributed by atoms with van der Waals surface area (Å²) in [5.41, 5.74) is -1.11. The summed E-state index contributed by atoms with van der Waals surface area (Å²) in [6, 6.07) is 0.505. The molecule has 0 aromatic carbocycles. The molecule has 0 aliphatic rings. The Labute approximate surface area is 94.5 Å². The highest BCUT2D eigenvalue weighted by Gasteiger charge is 2.32. The summed E-state index contributed by atoms with van der Waals surface area (Å²) >= 11 is 5.41. The van der Waals surface area contributed by atoms with Gasteiger partial charge in [-0.15, -0.1) is 0 Å². The van der Waals surface area contributed by atoms with Gasteiger partial charge in [-0.25, -0.2) is 13.4 Å². The van der Waals surface area contributed by atoms with E-state index >= 15 is 0 Å². The minimum Gasteiger partial charge on any atom is -0.242 e. The van der Waals surface area contributed by atoms with Crippen LogP contribution in [-0.4, -0.2) is 13.4 Å². The number of halogens is 4. The van der Waals surface area contributed by atoms with Crippen molar-refractivity contribution in [2.45, 2.75) is 11.2 Å². The van der Waals surface area contributed by atoms with E-state index in [4.69, 9.17) is 11.6 Å². The van der Waals surface area contributed by atoms with Crippen LogP contribution in [-0.2, 0) is 16.0 Å². The molecule has 0 aliphatic carbocycles. The molecule has 0 unspecified atom stereocenters. The maximum Gasteiger partial charge on any atom is 0.417 e. The summed E-state index contributed by atoms with van der Waals surface area (Å²) in [5, 5.41) is -0.666. The first kappa shape index (κ1) is 13.0. The third kappa shape index (κ3) is 2.53. The minimum atomic E-state index is -4.62. The lowest BCUT2D eigenvalue weighted by molar-refractivity contribution is -0.137. The number of alkyl halides is 3. The van der Waals surface area contributed by atoms with Gasteiger partial charge in [-0.3, -0.25) is 0 Å². The summed E-state index contributed by atoms with van der Waals surface area (Å²) in [6.45, 7) is 3.01. The van der Waals surface area contributed by atoms with Crippen molar-refractivity contribution in [1.82, 2.24) is 4.98 Å². The lowest BCUT2D eigenvalue weighted by atomic mass is 10.3. The molecule has 0 aliphatic heterocycles. The van der Waals surface area contributed by atoms with Crippen molar-refractivity contribution >= 4 is 21.4 Å². The molecule has 88 valence electrons. The zero-order valence-electron chi connectivity index (χ0n) is 7.62. The quantitative estimate of drug-likeness (QED) is 0.831. The fourth-order valence-electron chi connectivity index (χ4n) is 0.869. The van der Waals surface area contributed by atoms with E-state index in [2.05, 4.69) is 11.6 Å². The lowest BCUT2D eigenvalue weighted by Crippen LogP contribution is -2.08. The maximum atomic E-state index is 12.2. The predicted octanol–water partition coefficient (Wildman–Crippen LogP) is 2.67. The Morgan fingerprint density at radius 2 is 2.00 bits per heavy atom. The Morgan fingerprint density at radius 3 is 2.38 bits per heavy atom. The maximum absolute atomic E-state index is 12.2. The monoisotopic (exact) mass is 271 g/mol. The molecule has 1 rings (SSSR count). The number of hydrogen-bond donors (Lipinski definition) is 0. The molecule has 0 atom stereocenters. The van der Waals surface area contributed by atoms with Crippen LogP contribution in [0, 0.1) is 0 Å². The molecule has 3 nitrogen and oxygen atoms in total. The van der Waals surface area contributed by atoms with Crippen LogP contribution < -0.4 is 0 Å². The van der Waals surface area contributed by atoms with E-state index in [-0.39, 0.29) is 0 Å². The summed E-state index contributed by atoms with van der Waals surface area (Å²) in [5.74, 6) is 0. The third-order valence-corrected chi connectivity index (χ3v) is 3.33. The van der Waals surface area contributed by atoms with Crippen molar-refractivity contribution in [3.8, 4) is 0 Å². The topological polar surface area (TPSA) is 47.0 Å². The zero-order valence-corrected chi connectivity index (χ0v) is 9.20. The van der Waals surface area contributed by atoms with Crippen LogP contribution in [0.25, 0.3) is 0 Å². The van der Waals surface area contributed by atoms with Gasteiger partial charge in [0.2, 0.25) is 9.84 Å². The first-order valence-electron chi connectivity index (χ1n) is 3.79. The van der Waals surface area contributed by atoms with Crippen molar-refractivity contribution in [2.75, 3.05) is 0 Å². The second-order valence-corrected chi connectivity index (χ2v) is 4.94. The van der Waals surface area contributed by atoms with Gasteiger partial charge in [0, 0.05) is 11.6 Å². The summed E-state index contributed by atoms with van der Waals surface area (Å²) in [4.78, 5) is 3.18. The second-order valence-electron chi connectivity index (χ2n) is 2.72. The van der Waals surface area contributed by atoms with Crippen LogP contribution in [0.15, 0.2) is 29.3 Å². The van der Waals surface area contributed by atoms with E-state index < -0.39 is 31.6 Å². The van der Waals surface area contributed by atoms with Gasteiger partial charge in [0.15, 0.2) is 5.03 Å². The van der Waals surface area contributed by atoms with Gasteiger partial charge in [-0.2, -0.15) is 13.2 Å². The van der Waals surface area contributed by atoms with Crippen LogP contribution in [0.4, 0.5) is 13.2 Å². The minimum absolute atomic E-state index is 0.405. The molecule has 16 heavy (non-hydrogen) atoms. The van der Waals surface area contributed by atoms with Crippen LogP contribution in [0.2, 0.25) is 5.02 Å². The molecule has 1 heterocycles. The van der Waals surface area contributed by atoms with Gasteiger partial charge in [0.1, 0.15) is 0 Å². The average Bonchev–Trinajstić information content (AvgIpc) is 2.16. The highest BCUT2D eigenvalue weighted by molar-refractivity contribution is 7.94.